The molecule has 0 unspecified atom stereocenters. The van der Waals surface area contributed by atoms with Gasteiger partial charge in [0.05, 0.1) is 27.8 Å². The van der Waals surface area contributed by atoms with Gasteiger partial charge >= 0.3 is 0 Å². The summed E-state index contributed by atoms with van der Waals surface area (Å²) in [6.45, 7) is 5.96. The number of fused-ring (bicyclic) bond motifs is 3. The van der Waals surface area contributed by atoms with Gasteiger partial charge in [0.15, 0.2) is 0 Å². The maximum Gasteiger partial charge on any atom is 0.102 e. The number of rotatable bonds is 1. The smallest absolute Gasteiger partial charge is 0.102 e. The number of aromatic nitrogens is 1. The summed E-state index contributed by atoms with van der Waals surface area (Å²) in [5.41, 5.74) is 2.11. The van der Waals surface area contributed by atoms with Crippen molar-refractivity contribution in [3.8, 4) is 24.3 Å². The van der Waals surface area contributed by atoms with Crippen molar-refractivity contribution in [2.24, 2.45) is 0 Å². The molecule has 0 bridgehead atoms. The van der Waals surface area contributed by atoms with E-state index in [-0.39, 0.29) is 22.3 Å². The first-order valence-electron chi connectivity index (χ1n) is 9.34. The number of hydrogen-bond donors (Lipinski definition) is 0. The molecule has 142 valence electrons. The number of pyridine rings is 1. The lowest BCUT2D eigenvalue weighted by Gasteiger charge is -2.16. The maximum absolute atomic E-state index is 10.0. The highest BCUT2D eigenvalue weighted by molar-refractivity contribution is 6.16. The number of nitrogens with zero attached hydrogens (tertiary/aromatic N) is 5. The highest BCUT2D eigenvalue weighted by Crippen LogP contribution is 2.39. The third-order valence-corrected chi connectivity index (χ3v) is 5.41. The molecule has 0 saturated heterocycles. The number of aryl methyl sites for hydroxylation is 1. The van der Waals surface area contributed by atoms with Crippen molar-refractivity contribution in [1.82, 2.24) is 4.98 Å². The van der Waals surface area contributed by atoms with Crippen LogP contribution in [0.25, 0.3) is 34.3 Å². The van der Waals surface area contributed by atoms with Gasteiger partial charge in [0, 0.05) is 22.4 Å². The minimum atomic E-state index is -0.0911. The third kappa shape index (κ3) is 2.79. The van der Waals surface area contributed by atoms with E-state index in [4.69, 9.17) is 0 Å². The van der Waals surface area contributed by atoms with Gasteiger partial charge in [-0.15, -0.1) is 0 Å². The van der Waals surface area contributed by atoms with E-state index in [2.05, 4.69) is 23.7 Å². The molecule has 4 aromatic rings. The molecule has 0 radical (unpaired) electrons. The molecule has 0 N–H and O–H groups in total. The van der Waals surface area contributed by atoms with Crippen LogP contribution in [0.4, 0.5) is 0 Å². The van der Waals surface area contributed by atoms with Crippen LogP contribution in [-0.4, -0.2) is 4.98 Å². The van der Waals surface area contributed by atoms with Gasteiger partial charge in [-0.1, -0.05) is 36.9 Å². The lowest BCUT2D eigenvalue weighted by atomic mass is 9.84. The summed E-state index contributed by atoms with van der Waals surface area (Å²) in [5, 5.41) is 42.6. The van der Waals surface area contributed by atoms with Crippen molar-refractivity contribution < 1.29 is 0 Å². The van der Waals surface area contributed by atoms with Gasteiger partial charge in [-0.2, -0.15) is 21.0 Å². The fourth-order valence-electron chi connectivity index (χ4n) is 3.97. The zero-order valence-corrected chi connectivity index (χ0v) is 16.6. The molecular weight excluding hydrogens is 382 g/mol. The molecule has 0 aliphatic carbocycles. The van der Waals surface area contributed by atoms with E-state index < -0.39 is 0 Å². The topological polar surface area (TPSA) is 108 Å². The van der Waals surface area contributed by atoms with Crippen molar-refractivity contribution in [3.05, 3.63) is 86.4 Å². The Bertz CT molecular complexity index is 1700. The second-order valence-corrected chi connectivity index (χ2v) is 6.98. The molecule has 4 rings (SSSR count). The fourth-order valence-corrected chi connectivity index (χ4v) is 3.97. The molecule has 1 aromatic heterocycles. The van der Waals surface area contributed by atoms with Crippen LogP contribution in [0.3, 0.4) is 0 Å². The van der Waals surface area contributed by atoms with Crippen LogP contribution in [-0.2, 0) is 0 Å². The van der Waals surface area contributed by atoms with Crippen molar-refractivity contribution in [2.75, 3.05) is 0 Å². The number of benzene rings is 3. The van der Waals surface area contributed by atoms with Gasteiger partial charge in [-0.3, -0.25) is 4.98 Å². The van der Waals surface area contributed by atoms with Gasteiger partial charge in [0.25, 0.3) is 0 Å². The average molecular weight is 395 g/mol. The van der Waals surface area contributed by atoms with Crippen LogP contribution in [0.2, 0.25) is 0 Å². The Morgan fingerprint density at radius 3 is 2.03 bits per heavy atom. The average Bonchev–Trinajstić information content (AvgIpc) is 2.80. The molecule has 0 aliphatic rings. The molecule has 0 amide bonds. The van der Waals surface area contributed by atoms with Crippen molar-refractivity contribution >= 4 is 34.3 Å². The van der Waals surface area contributed by atoms with Gasteiger partial charge < -0.3 is 0 Å². The standard InChI is InChI=1S/C26H13N5/c1-15-6-3-4-7-17(15)10-19-16(2)26-18(8-5-9-31-26)24-22(13-29)20(11-27)21(12-28)23(14-30)25(19)24/h3-10H,1H2,2H3/b17-10-. The predicted octanol–water partition coefficient (Wildman–Crippen LogP) is 3.42. The van der Waals surface area contributed by atoms with Crippen LogP contribution < -0.4 is 10.4 Å². The zero-order chi connectivity index (χ0) is 22.1. The van der Waals surface area contributed by atoms with E-state index in [0.717, 1.165) is 16.0 Å². The van der Waals surface area contributed by atoms with Gasteiger partial charge in [-0.05, 0) is 40.6 Å². The molecule has 5 heteroatoms. The Balaban J connectivity index is 2.47. The monoisotopic (exact) mass is 395 g/mol. The molecule has 0 atom stereocenters. The SMILES string of the molecule is C=c1cccc/c1=C/c1c(C)c2ncccc2c2c(C#N)c(C#N)c(C#N)c(C#N)c12. The summed E-state index contributed by atoms with van der Waals surface area (Å²) in [5.74, 6) is 0. The lowest BCUT2D eigenvalue weighted by molar-refractivity contribution is 1.35. The predicted molar refractivity (Wildman–Crippen MR) is 118 cm³/mol. The summed E-state index contributed by atoms with van der Waals surface area (Å²) in [4.78, 5) is 4.51. The molecule has 31 heavy (non-hydrogen) atoms. The summed E-state index contributed by atoms with van der Waals surface area (Å²) < 4.78 is 0. The first-order chi connectivity index (χ1) is 15.1. The van der Waals surface area contributed by atoms with E-state index in [0.29, 0.717) is 27.2 Å². The van der Waals surface area contributed by atoms with Gasteiger partial charge in [0.2, 0.25) is 0 Å². The van der Waals surface area contributed by atoms with Crippen molar-refractivity contribution in [3.63, 3.8) is 0 Å². The Labute approximate surface area is 178 Å². The molecule has 0 spiro atoms. The third-order valence-electron chi connectivity index (χ3n) is 5.41. The van der Waals surface area contributed by atoms with Gasteiger partial charge in [0.1, 0.15) is 24.3 Å². The number of hydrogen-bond acceptors (Lipinski definition) is 5. The Morgan fingerprint density at radius 2 is 1.42 bits per heavy atom. The first kappa shape index (κ1) is 19.4. The van der Waals surface area contributed by atoms with E-state index in [1.54, 1.807) is 12.3 Å². The number of nitriles is 4. The molecule has 0 saturated carbocycles. The van der Waals surface area contributed by atoms with Crippen LogP contribution in [0, 0.1) is 52.2 Å². The Hall–Kier alpha value is -4.97. The highest BCUT2D eigenvalue weighted by atomic mass is 14.7. The van der Waals surface area contributed by atoms with E-state index in [9.17, 15) is 21.0 Å². The van der Waals surface area contributed by atoms with Crippen molar-refractivity contribution in [2.45, 2.75) is 6.92 Å². The van der Waals surface area contributed by atoms with E-state index in [1.165, 1.54) is 0 Å². The van der Waals surface area contributed by atoms with Crippen molar-refractivity contribution in [1.29, 1.82) is 21.0 Å². The summed E-state index contributed by atoms with van der Waals surface area (Å²) in [7, 11) is 0. The molecule has 3 aromatic carbocycles. The largest absolute Gasteiger partial charge is 0.256 e. The zero-order valence-electron chi connectivity index (χ0n) is 16.6. The second-order valence-electron chi connectivity index (χ2n) is 6.98. The second kappa shape index (κ2) is 7.46. The van der Waals surface area contributed by atoms with E-state index >= 15 is 0 Å². The minimum absolute atomic E-state index is 0.0728. The Morgan fingerprint density at radius 1 is 0.806 bits per heavy atom. The van der Waals surface area contributed by atoms with Crippen LogP contribution in [0.15, 0.2) is 42.6 Å². The summed E-state index contributed by atoms with van der Waals surface area (Å²) in [6, 6.07) is 19.2. The summed E-state index contributed by atoms with van der Waals surface area (Å²) >= 11 is 0. The first-order valence-corrected chi connectivity index (χ1v) is 9.34. The van der Waals surface area contributed by atoms with Crippen LogP contribution in [0.1, 0.15) is 33.4 Å². The minimum Gasteiger partial charge on any atom is -0.256 e. The molecular formula is C26H13N5. The van der Waals surface area contributed by atoms with Crippen LogP contribution >= 0.6 is 0 Å². The van der Waals surface area contributed by atoms with Crippen LogP contribution in [0.5, 0.6) is 0 Å². The maximum atomic E-state index is 10.0. The fraction of sp³-hybridized carbons (Fsp3) is 0.0385. The summed E-state index contributed by atoms with van der Waals surface area (Å²) in [6.07, 6.45) is 3.55. The Kier molecular flexibility index (Phi) is 4.65. The highest BCUT2D eigenvalue weighted by Gasteiger charge is 2.24. The molecule has 0 aliphatic heterocycles. The quantitative estimate of drug-likeness (QED) is 0.459. The van der Waals surface area contributed by atoms with Gasteiger partial charge in [-0.25, -0.2) is 0 Å². The molecule has 5 nitrogen and oxygen atoms in total. The normalized spacial score (nSPS) is 10.9. The molecule has 0 fully saturated rings. The molecule has 1 heterocycles. The lowest BCUT2D eigenvalue weighted by Crippen LogP contribution is -2.22. The van der Waals surface area contributed by atoms with E-state index in [1.807, 2.05) is 55.5 Å².